The van der Waals surface area contributed by atoms with Gasteiger partial charge >= 0.3 is 0 Å². The zero-order valence-electron chi connectivity index (χ0n) is 12.1. The summed E-state index contributed by atoms with van der Waals surface area (Å²) in [4.78, 5) is 4.62. The average molecular weight is 306 g/mol. The van der Waals surface area contributed by atoms with Crippen LogP contribution in [-0.4, -0.2) is 23.2 Å². The van der Waals surface area contributed by atoms with Gasteiger partial charge in [-0.1, -0.05) is 35.0 Å². The van der Waals surface area contributed by atoms with Crippen LogP contribution in [0.2, 0.25) is 0 Å². The highest BCUT2D eigenvalue weighted by atomic mass is 35.5. The zero-order valence-corrected chi connectivity index (χ0v) is 12.9. The summed E-state index contributed by atoms with van der Waals surface area (Å²) in [7, 11) is 0. The maximum atomic E-state index is 5.52. The molecule has 2 aliphatic rings. The summed E-state index contributed by atoms with van der Waals surface area (Å²) in [5.74, 6) is 2.04. The lowest BCUT2D eigenvalue weighted by Gasteiger charge is -2.22. The molecule has 2 aromatic rings. The van der Waals surface area contributed by atoms with E-state index in [1.54, 1.807) is 0 Å². The van der Waals surface area contributed by atoms with Crippen molar-refractivity contribution in [2.45, 2.75) is 32.1 Å². The molecule has 1 aliphatic heterocycles. The second-order valence-corrected chi connectivity index (χ2v) is 6.19. The number of piperidine rings is 1. The minimum absolute atomic E-state index is 0. The molecule has 1 saturated carbocycles. The van der Waals surface area contributed by atoms with Gasteiger partial charge in [-0.3, -0.25) is 0 Å². The minimum Gasteiger partial charge on any atom is -0.339 e. The van der Waals surface area contributed by atoms with Gasteiger partial charge in [0.1, 0.15) is 0 Å². The molecule has 0 bridgehead atoms. The van der Waals surface area contributed by atoms with Crippen molar-refractivity contribution in [2.24, 2.45) is 5.41 Å². The number of aryl methyl sites for hydroxylation is 1. The minimum atomic E-state index is 0. The second kappa shape index (κ2) is 5.43. The van der Waals surface area contributed by atoms with Crippen molar-refractivity contribution in [1.29, 1.82) is 0 Å². The van der Waals surface area contributed by atoms with Crippen molar-refractivity contribution in [1.82, 2.24) is 15.5 Å². The highest BCUT2D eigenvalue weighted by molar-refractivity contribution is 5.85. The maximum absolute atomic E-state index is 5.52. The first-order chi connectivity index (χ1) is 9.77. The van der Waals surface area contributed by atoms with Gasteiger partial charge in [0.15, 0.2) is 0 Å². The lowest BCUT2D eigenvalue weighted by molar-refractivity contribution is 0.311. The molecule has 1 aromatic heterocycles. The van der Waals surface area contributed by atoms with E-state index in [0.717, 1.165) is 30.4 Å². The first kappa shape index (κ1) is 14.5. The summed E-state index contributed by atoms with van der Waals surface area (Å²) < 4.78 is 5.52. The predicted molar refractivity (Wildman–Crippen MR) is 83.6 cm³/mol. The lowest BCUT2D eigenvalue weighted by Crippen LogP contribution is -2.29. The Kier molecular flexibility index (Phi) is 3.76. The molecule has 1 saturated heterocycles. The smallest absolute Gasteiger partial charge is 0.230 e. The fourth-order valence-electron chi connectivity index (χ4n) is 3.37. The predicted octanol–water partition coefficient (Wildman–Crippen LogP) is 3.32. The lowest BCUT2D eigenvalue weighted by atomic mass is 9.92. The Hall–Kier alpha value is -1.39. The van der Waals surface area contributed by atoms with Crippen LogP contribution in [0, 0.1) is 12.3 Å². The van der Waals surface area contributed by atoms with Crippen molar-refractivity contribution in [3.05, 3.63) is 35.7 Å². The van der Waals surface area contributed by atoms with E-state index >= 15 is 0 Å². The summed E-state index contributed by atoms with van der Waals surface area (Å²) in [5.41, 5.74) is 2.72. The van der Waals surface area contributed by atoms with E-state index in [-0.39, 0.29) is 12.4 Å². The standard InChI is InChI=1S/C16H19N3O.ClH/c1-11-2-4-12(5-3-11)14-18-15(20-19-14)13-10-16(13)6-8-17-9-7-16;/h2-5,13,17H,6-10H2,1H3;1H. The maximum Gasteiger partial charge on any atom is 0.230 e. The first-order valence-electron chi connectivity index (χ1n) is 7.38. The van der Waals surface area contributed by atoms with E-state index in [2.05, 4.69) is 46.6 Å². The number of aromatic nitrogens is 2. The van der Waals surface area contributed by atoms with Gasteiger partial charge in [-0.05, 0) is 44.7 Å². The van der Waals surface area contributed by atoms with Crippen LogP contribution in [0.5, 0.6) is 0 Å². The summed E-state index contributed by atoms with van der Waals surface area (Å²) >= 11 is 0. The van der Waals surface area contributed by atoms with Gasteiger partial charge in [-0.15, -0.1) is 12.4 Å². The molecule has 1 N–H and O–H groups in total. The highest BCUT2D eigenvalue weighted by Crippen LogP contribution is 2.63. The van der Waals surface area contributed by atoms with Crippen LogP contribution in [0.15, 0.2) is 28.8 Å². The molecule has 0 amide bonds. The Bertz CT molecular complexity index is 617. The fraction of sp³-hybridized carbons (Fsp3) is 0.500. The Balaban J connectivity index is 0.00000132. The molecule has 1 atom stereocenters. The van der Waals surface area contributed by atoms with Crippen molar-refractivity contribution in [2.75, 3.05) is 13.1 Å². The molecule has 1 aromatic carbocycles. The van der Waals surface area contributed by atoms with Gasteiger partial charge in [0, 0.05) is 11.5 Å². The first-order valence-corrected chi connectivity index (χ1v) is 7.38. The number of nitrogens with one attached hydrogen (secondary N) is 1. The van der Waals surface area contributed by atoms with Gasteiger partial charge < -0.3 is 9.84 Å². The molecule has 5 heteroatoms. The SMILES string of the molecule is Cc1ccc(-c2noc(C3CC34CCNCC4)n2)cc1.Cl. The molecule has 2 heterocycles. The molecule has 4 rings (SSSR count). The van der Waals surface area contributed by atoms with Gasteiger partial charge in [-0.2, -0.15) is 4.98 Å². The van der Waals surface area contributed by atoms with E-state index in [1.165, 1.54) is 24.8 Å². The molecular weight excluding hydrogens is 286 g/mol. The van der Waals surface area contributed by atoms with E-state index < -0.39 is 0 Å². The molecule has 2 fully saturated rings. The van der Waals surface area contributed by atoms with Crippen LogP contribution in [0.4, 0.5) is 0 Å². The van der Waals surface area contributed by atoms with Crippen LogP contribution in [-0.2, 0) is 0 Å². The third-order valence-electron chi connectivity index (χ3n) is 4.84. The molecule has 4 nitrogen and oxygen atoms in total. The molecule has 1 unspecified atom stereocenters. The fourth-order valence-corrected chi connectivity index (χ4v) is 3.37. The Morgan fingerprint density at radius 2 is 1.90 bits per heavy atom. The topological polar surface area (TPSA) is 51.0 Å². The van der Waals surface area contributed by atoms with E-state index in [0.29, 0.717) is 11.3 Å². The van der Waals surface area contributed by atoms with Gasteiger partial charge in [0.05, 0.1) is 0 Å². The normalized spacial score (nSPS) is 22.8. The summed E-state index contributed by atoms with van der Waals surface area (Å²) in [5, 5.41) is 7.58. The Morgan fingerprint density at radius 3 is 2.62 bits per heavy atom. The molecule has 1 aliphatic carbocycles. The third kappa shape index (κ3) is 2.58. The Labute approximate surface area is 130 Å². The monoisotopic (exact) mass is 305 g/mol. The number of hydrogen-bond acceptors (Lipinski definition) is 4. The summed E-state index contributed by atoms with van der Waals surface area (Å²) in [6.45, 7) is 4.32. The van der Waals surface area contributed by atoms with Crippen LogP contribution in [0.1, 0.15) is 36.6 Å². The van der Waals surface area contributed by atoms with E-state index in [1.807, 2.05) is 0 Å². The van der Waals surface area contributed by atoms with E-state index in [4.69, 9.17) is 4.52 Å². The largest absolute Gasteiger partial charge is 0.339 e. The summed E-state index contributed by atoms with van der Waals surface area (Å²) in [6, 6.07) is 8.27. The molecular formula is C16H20ClN3O. The zero-order chi connectivity index (χ0) is 13.6. The van der Waals surface area contributed by atoms with E-state index in [9.17, 15) is 0 Å². The number of nitrogens with zero attached hydrogens (tertiary/aromatic N) is 2. The molecule has 0 radical (unpaired) electrons. The van der Waals surface area contributed by atoms with Crippen LogP contribution in [0.3, 0.4) is 0 Å². The summed E-state index contributed by atoms with van der Waals surface area (Å²) in [6.07, 6.45) is 3.68. The number of benzene rings is 1. The molecule has 112 valence electrons. The van der Waals surface area contributed by atoms with Gasteiger partial charge in [0.25, 0.3) is 0 Å². The van der Waals surface area contributed by atoms with Crippen molar-refractivity contribution in [3.63, 3.8) is 0 Å². The van der Waals surface area contributed by atoms with Gasteiger partial charge in [-0.25, -0.2) is 0 Å². The third-order valence-corrected chi connectivity index (χ3v) is 4.84. The highest BCUT2D eigenvalue weighted by Gasteiger charge is 2.57. The number of rotatable bonds is 2. The van der Waals surface area contributed by atoms with Crippen LogP contribution >= 0.6 is 12.4 Å². The van der Waals surface area contributed by atoms with Crippen LogP contribution in [0.25, 0.3) is 11.4 Å². The average Bonchev–Trinajstić information content (AvgIpc) is 2.96. The van der Waals surface area contributed by atoms with Crippen molar-refractivity contribution >= 4 is 12.4 Å². The molecule has 1 spiro atoms. The number of hydrogen-bond donors (Lipinski definition) is 1. The second-order valence-electron chi connectivity index (χ2n) is 6.19. The Morgan fingerprint density at radius 1 is 1.19 bits per heavy atom. The van der Waals surface area contributed by atoms with Crippen LogP contribution < -0.4 is 5.32 Å². The quantitative estimate of drug-likeness (QED) is 0.924. The molecule has 21 heavy (non-hydrogen) atoms. The van der Waals surface area contributed by atoms with Crippen molar-refractivity contribution < 1.29 is 4.52 Å². The number of halogens is 1. The van der Waals surface area contributed by atoms with Gasteiger partial charge in [0.2, 0.25) is 11.7 Å². The van der Waals surface area contributed by atoms with Crippen molar-refractivity contribution in [3.8, 4) is 11.4 Å².